The zero-order chi connectivity index (χ0) is 21.0. The number of rotatable bonds is 5. The molecule has 1 aromatic heterocycles. The number of thioether (sulfide) groups is 1. The van der Waals surface area contributed by atoms with E-state index >= 15 is 0 Å². The van der Waals surface area contributed by atoms with Gasteiger partial charge >= 0.3 is 6.18 Å². The minimum absolute atomic E-state index is 0.148. The molecule has 7 nitrogen and oxygen atoms in total. The first-order chi connectivity index (χ1) is 13.8. The lowest BCUT2D eigenvalue weighted by molar-refractivity contribution is -0.136. The van der Waals surface area contributed by atoms with Gasteiger partial charge in [-0.1, -0.05) is 23.9 Å². The second-order valence-corrected chi connectivity index (χ2v) is 6.76. The molecule has 3 aromatic rings. The van der Waals surface area contributed by atoms with Gasteiger partial charge in [-0.3, -0.25) is 4.79 Å². The number of benzene rings is 2. The van der Waals surface area contributed by atoms with Gasteiger partial charge in [-0.25, -0.2) is 5.10 Å². The highest BCUT2D eigenvalue weighted by Crippen LogP contribution is 2.35. The Kier molecular flexibility index (Phi) is 5.74. The molecule has 2 aromatic carbocycles. The van der Waals surface area contributed by atoms with Crippen molar-refractivity contribution in [1.29, 1.82) is 5.26 Å². The molecule has 0 bridgehead atoms. The summed E-state index contributed by atoms with van der Waals surface area (Å²) in [5.74, 6) is 0.0363. The second kappa shape index (κ2) is 8.24. The molecule has 0 aliphatic heterocycles. The number of nitrogens with zero attached hydrogens (tertiary/aromatic N) is 3. The third-order valence-corrected chi connectivity index (χ3v) is 4.69. The molecule has 0 aliphatic rings. The number of nitrogen functional groups attached to an aromatic ring is 1. The highest BCUT2D eigenvalue weighted by Gasteiger charge is 2.34. The molecule has 0 unspecified atom stereocenters. The molecule has 0 spiro atoms. The zero-order valence-corrected chi connectivity index (χ0v) is 15.4. The Labute approximate surface area is 167 Å². The van der Waals surface area contributed by atoms with Gasteiger partial charge in [0.25, 0.3) is 5.91 Å². The Morgan fingerprint density at radius 2 is 1.97 bits per heavy atom. The van der Waals surface area contributed by atoms with Crippen molar-refractivity contribution < 1.29 is 18.0 Å². The molecule has 29 heavy (non-hydrogen) atoms. The van der Waals surface area contributed by atoms with Crippen molar-refractivity contribution in [2.45, 2.75) is 17.1 Å². The first-order valence-electron chi connectivity index (χ1n) is 8.08. The maximum atomic E-state index is 13.2. The fourth-order valence-corrected chi connectivity index (χ4v) is 3.14. The fraction of sp³-hybridized carbons (Fsp3) is 0.111. The molecule has 11 heteroatoms. The molecule has 0 fully saturated rings. The molecule has 3 rings (SSSR count). The standard InChI is InChI=1S/C18H13F3N6OS/c19-18(20,21)13-7-11(8-22)3-6-14(13)24-15(28)12-4-1-10(2-5-12)9-29-17-25-16(23)26-27-17/h1-7H,9H2,(H,24,28)(H3,23,25,26,27). The van der Waals surface area contributed by atoms with E-state index in [1.807, 2.05) is 0 Å². The molecular weight excluding hydrogens is 405 g/mol. The van der Waals surface area contributed by atoms with E-state index < -0.39 is 23.3 Å². The van der Waals surface area contributed by atoms with Gasteiger partial charge in [0.2, 0.25) is 11.1 Å². The molecule has 0 saturated carbocycles. The lowest BCUT2D eigenvalue weighted by Gasteiger charge is -2.14. The highest BCUT2D eigenvalue weighted by atomic mass is 32.2. The Morgan fingerprint density at radius 1 is 1.24 bits per heavy atom. The largest absolute Gasteiger partial charge is 0.418 e. The Bertz CT molecular complexity index is 1070. The van der Waals surface area contributed by atoms with Crippen LogP contribution < -0.4 is 11.1 Å². The van der Waals surface area contributed by atoms with E-state index in [-0.39, 0.29) is 17.1 Å². The van der Waals surface area contributed by atoms with Crippen LogP contribution in [0.3, 0.4) is 0 Å². The van der Waals surface area contributed by atoms with Crippen molar-refractivity contribution >= 4 is 29.3 Å². The summed E-state index contributed by atoms with van der Waals surface area (Å²) in [4.78, 5) is 16.3. The first-order valence-corrected chi connectivity index (χ1v) is 9.07. The molecule has 0 atom stereocenters. The van der Waals surface area contributed by atoms with Crippen LogP contribution >= 0.6 is 11.8 Å². The van der Waals surface area contributed by atoms with Gasteiger partial charge in [-0.05, 0) is 35.9 Å². The third kappa shape index (κ3) is 5.05. The molecule has 1 heterocycles. The topological polar surface area (TPSA) is 120 Å². The number of amides is 1. The van der Waals surface area contributed by atoms with Crippen molar-refractivity contribution in [3.63, 3.8) is 0 Å². The van der Waals surface area contributed by atoms with Crippen LogP contribution in [0.1, 0.15) is 27.0 Å². The van der Waals surface area contributed by atoms with Gasteiger partial charge in [0, 0.05) is 11.3 Å². The lowest BCUT2D eigenvalue weighted by atomic mass is 10.1. The number of carbonyl (C=O) groups is 1. The Balaban J connectivity index is 1.70. The predicted octanol–water partition coefficient (Wildman–Crippen LogP) is 3.82. The van der Waals surface area contributed by atoms with Gasteiger partial charge in [0.1, 0.15) is 0 Å². The second-order valence-electron chi connectivity index (χ2n) is 5.81. The monoisotopic (exact) mass is 418 g/mol. The number of nitriles is 1. The van der Waals surface area contributed by atoms with E-state index in [2.05, 4.69) is 20.5 Å². The van der Waals surface area contributed by atoms with Gasteiger partial charge in [0.05, 0.1) is 22.9 Å². The Morgan fingerprint density at radius 3 is 2.55 bits per heavy atom. The number of nitrogens with two attached hydrogens (primary N) is 1. The van der Waals surface area contributed by atoms with Gasteiger partial charge in [-0.15, -0.1) is 5.10 Å². The molecular formula is C18H13F3N6OS. The minimum Gasteiger partial charge on any atom is -0.368 e. The van der Waals surface area contributed by atoms with Crippen LogP contribution in [0.5, 0.6) is 0 Å². The maximum Gasteiger partial charge on any atom is 0.418 e. The third-order valence-electron chi connectivity index (χ3n) is 3.77. The van der Waals surface area contributed by atoms with Crippen LogP contribution in [0.15, 0.2) is 47.6 Å². The SMILES string of the molecule is N#Cc1ccc(NC(=O)c2ccc(CSc3n[nH]c(N)n3)cc2)c(C(F)(F)F)c1. The average Bonchev–Trinajstić information content (AvgIpc) is 3.11. The summed E-state index contributed by atoms with van der Waals surface area (Å²) in [6.45, 7) is 0. The van der Waals surface area contributed by atoms with Crippen molar-refractivity contribution in [2.24, 2.45) is 0 Å². The van der Waals surface area contributed by atoms with Crippen LogP contribution in [0.25, 0.3) is 0 Å². The summed E-state index contributed by atoms with van der Waals surface area (Å²) in [6.07, 6.45) is -4.71. The number of alkyl halides is 3. The number of aromatic amines is 1. The van der Waals surface area contributed by atoms with Gasteiger partial charge in [-0.2, -0.15) is 23.4 Å². The minimum atomic E-state index is -4.71. The van der Waals surface area contributed by atoms with E-state index in [9.17, 15) is 18.0 Å². The van der Waals surface area contributed by atoms with Crippen LogP contribution in [-0.4, -0.2) is 21.1 Å². The van der Waals surface area contributed by atoms with Crippen LogP contribution in [0.2, 0.25) is 0 Å². The number of H-pyrrole nitrogens is 1. The van der Waals surface area contributed by atoms with Gasteiger partial charge < -0.3 is 11.1 Å². The Hall–Kier alpha value is -3.52. The predicted molar refractivity (Wildman–Crippen MR) is 101 cm³/mol. The number of hydrogen-bond donors (Lipinski definition) is 3. The van der Waals surface area contributed by atoms with Crippen LogP contribution in [0, 0.1) is 11.3 Å². The van der Waals surface area contributed by atoms with E-state index in [1.165, 1.54) is 30.0 Å². The molecule has 0 radical (unpaired) electrons. The summed E-state index contributed by atoms with van der Waals surface area (Å²) in [6, 6.07) is 11.0. The van der Waals surface area contributed by atoms with Crippen molar-refractivity contribution in [3.8, 4) is 6.07 Å². The molecule has 1 amide bonds. The molecule has 4 N–H and O–H groups in total. The average molecular weight is 418 g/mol. The number of halogens is 3. The van der Waals surface area contributed by atoms with E-state index in [1.54, 1.807) is 18.2 Å². The smallest absolute Gasteiger partial charge is 0.368 e. The molecule has 0 aliphatic carbocycles. The van der Waals surface area contributed by atoms with Crippen LogP contribution in [0.4, 0.5) is 24.8 Å². The summed E-state index contributed by atoms with van der Waals surface area (Å²) in [7, 11) is 0. The summed E-state index contributed by atoms with van der Waals surface area (Å²) in [5, 5.41) is 17.9. The zero-order valence-electron chi connectivity index (χ0n) is 14.6. The van der Waals surface area contributed by atoms with E-state index in [0.717, 1.165) is 11.6 Å². The first kappa shape index (κ1) is 20.2. The number of anilines is 2. The summed E-state index contributed by atoms with van der Waals surface area (Å²) < 4.78 is 39.6. The highest BCUT2D eigenvalue weighted by molar-refractivity contribution is 7.98. The van der Waals surface area contributed by atoms with E-state index in [0.29, 0.717) is 17.0 Å². The van der Waals surface area contributed by atoms with Crippen molar-refractivity contribution in [1.82, 2.24) is 15.2 Å². The van der Waals surface area contributed by atoms with Crippen molar-refractivity contribution in [2.75, 3.05) is 11.1 Å². The number of carbonyl (C=O) groups excluding carboxylic acids is 1. The summed E-state index contributed by atoms with van der Waals surface area (Å²) >= 11 is 1.33. The number of nitrogens with one attached hydrogen (secondary N) is 2. The summed E-state index contributed by atoms with van der Waals surface area (Å²) in [5.41, 5.74) is 4.86. The quantitative estimate of drug-likeness (QED) is 0.542. The van der Waals surface area contributed by atoms with E-state index in [4.69, 9.17) is 11.0 Å². The van der Waals surface area contributed by atoms with Crippen molar-refractivity contribution in [3.05, 3.63) is 64.7 Å². The molecule has 0 saturated heterocycles. The maximum absolute atomic E-state index is 13.2. The fourth-order valence-electron chi connectivity index (χ4n) is 2.37. The normalized spacial score (nSPS) is 11.1. The molecule has 148 valence electrons. The van der Waals surface area contributed by atoms with Crippen LogP contribution in [-0.2, 0) is 11.9 Å². The van der Waals surface area contributed by atoms with Gasteiger partial charge in [0.15, 0.2) is 0 Å². The number of hydrogen-bond acceptors (Lipinski definition) is 6. The lowest BCUT2D eigenvalue weighted by Crippen LogP contribution is -2.17. The number of aromatic nitrogens is 3.